The molecule has 1 aliphatic heterocycles. The van der Waals surface area contributed by atoms with Crippen molar-refractivity contribution >= 4 is 57.1 Å². The van der Waals surface area contributed by atoms with E-state index in [0.29, 0.717) is 10.1 Å². The van der Waals surface area contributed by atoms with Crippen LogP contribution in [-0.2, 0) is 16.1 Å². The summed E-state index contributed by atoms with van der Waals surface area (Å²) in [6, 6.07) is 23.4. The van der Waals surface area contributed by atoms with Crippen LogP contribution < -0.4 is 10.6 Å². The summed E-state index contributed by atoms with van der Waals surface area (Å²) in [6.07, 6.45) is 3.77. The van der Waals surface area contributed by atoms with Crippen LogP contribution in [0.1, 0.15) is 16.7 Å². The van der Waals surface area contributed by atoms with Crippen LogP contribution in [0, 0.1) is 13.8 Å². The Labute approximate surface area is 207 Å². The number of aryl methyl sites for hydroxylation is 2. The van der Waals surface area contributed by atoms with Crippen LogP contribution in [-0.4, -0.2) is 21.5 Å². The number of rotatable bonds is 5. The Morgan fingerprint density at radius 1 is 1.00 bits per heavy atom. The second-order valence-electron chi connectivity index (χ2n) is 8.46. The van der Waals surface area contributed by atoms with Crippen LogP contribution in [0.15, 0.2) is 88.9 Å². The molecule has 0 unspecified atom stereocenters. The number of hydrogen-bond acceptors (Lipinski definition) is 4. The third kappa shape index (κ3) is 5.20. The summed E-state index contributed by atoms with van der Waals surface area (Å²) in [5, 5.41) is 7.31. The number of nitrogens with one attached hydrogen (secondary N) is 2. The molecule has 1 aromatic heterocycles. The molecule has 3 aromatic carbocycles. The number of hydrogen-bond donors (Lipinski definition) is 2. The quantitative estimate of drug-likeness (QED) is 0.355. The van der Waals surface area contributed by atoms with Gasteiger partial charge in [0.2, 0.25) is 5.91 Å². The number of carbonyl (C=O) groups is 2. The van der Waals surface area contributed by atoms with Gasteiger partial charge in [-0.05, 0) is 62.0 Å². The molecule has 1 saturated heterocycles. The first-order chi connectivity index (χ1) is 16.9. The predicted molar refractivity (Wildman–Crippen MR) is 144 cm³/mol. The van der Waals surface area contributed by atoms with E-state index in [1.807, 2.05) is 103 Å². The SMILES string of the molecule is Cc1ccc(N=C2NC(=O)/C(=C\c3cn(CC(=O)Nc4ccc(C)cc4)c4ccccc34)S2)cc1. The van der Waals surface area contributed by atoms with Crippen molar-refractivity contribution in [2.24, 2.45) is 4.99 Å². The Hall–Kier alpha value is -4.10. The maximum atomic E-state index is 12.7. The Kier molecular flexibility index (Phi) is 6.25. The van der Waals surface area contributed by atoms with Crippen LogP contribution >= 0.6 is 11.8 Å². The van der Waals surface area contributed by atoms with Crippen molar-refractivity contribution in [2.75, 3.05) is 5.32 Å². The van der Waals surface area contributed by atoms with Crippen molar-refractivity contribution in [1.29, 1.82) is 0 Å². The van der Waals surface area contributed by atoms with Gasteiger partial charge in [0.1, 0.15) is 6.54 Å². The number of benzene rings is 3. The molecule has 35 heavy (non-hydrogen) atoms. The Balaban J connectivity index is 1.39. The predicted octanol–water partition coefficient (Wildman–Crippen LogP) is 5.79. The van der Waals surface area contributed by atoms with Crippen LogP contribution in [0.3, 0.4) is 0 Å². The Morgan fingerprint density at radius 3 is 2.43 bits per heavy atom. The second kappa shape index (κ2) is 9.64. The van der Waals surface area contributed by atoms with E-state index in [1.165, 1.54) is 11.8 Å². The van der Waals surface area contributed by atoms with E-state index in [4.69, 9.17) is 0 Å². The molecule has 1 aliphatic rings. The summed E-state index contributed by atoms with van der Waals surface area (Å²) in [7, 11) is 0. The topological polar surface area (TPSA) is 75.5 Å². The number of anilines is 1. The van der Waals surface area contributed by atoms with Crippen LogP contribution in [0.4, 0.5) is 11.4 Å². The van der Waals surface area contributed by atoms with Gasteiger partial charge in [0.05, 0.1) is 10.6 Å². The molecular formula is C28H24N4O2S. The molecule has 7 heteroatoms. The molecule has 0 radical (unpaired) electrons. The highest BCUT2D eigenvalue weighted by molar-refractivity contribution is 8.18. The first-order valence-corrected chi connectivity index (χ1v) is 12.1. The molecule has 0 bridgehead atoms. The van der Waals surface area contributed by atoms with Gasteiger partial charge in [-0.3, -0.25) is 9.59 Å². The number of nitrogens with zero attached hydrogens (tertiary/aromatic N) is 2. The zero-order chi connectivity index (χ0) is 24.4. The maximum absolute atomic E-state index is 12.7. The lowest BCUT2D eigenvalue weighted by Crippen LogP contribution is -2.19. The summed E-state index contributed by atoms with van der Waals surface area (Å²) in [4.78, 5) is 30.5. The monoisotopic (exact) mass is 480 g/mol. The van der Waals surface area contributed by atoms with Gasteiger partial charge in [0.15, 0.2) is 5.17 Å². The van der Waals surface area contributed by atoms with Crippen molar-refractivity contribution in [3.05, 3.63) is 101 Å². The highest BCUT2D eigenvalue weighted by Gasteiger charge is 2.24. The zero-order valence-electron chi connectivity index (χ0n) is 19.4. The summed E-state index contributed by atoms with van der Waals surface area (Å²) in [5.41, 5.74) is 5.64. The second-order valence-corrected chi connectivity index (χ2v) is 9.49. The van der Waals surface area contributed by atoms with Crippen LogP contribution in [0.5, 0.6) is 0 Å². The Bertz CT molecular complexity index is 1480. The number of amidine groups is 1. The Morgan fingerprint density at radius 2 is 1.69 bits per heavy atom. The number of carbonyl (C=O) groups excluding carboxylic acids is 2. The number of aromatic nitrogens is 1. The molecular weight excluding hydrogens is 456 g/mol. The number of thioether (sulfide) groups is 1. The number of fused-ring (bicyclic) bond motifs is 1. The lowest BCUT2D eigenvalue weighted by atomic mass is 10.1. The fraction of sp³-hybridized carbons (Fsp3) is 0.107. The molecule has 2 N–H and O–H groups in total. The van der Waals surface area contributed by atoms with Gasteiger partial charge in [-0.1, -0.05) is 53.6 Å². The van der Waals surface area contributed by atoms with E-state index in [1.54, 1.807) is 0 Å². The van der Waals surface area contributed by atoms with Gasteiger partial charge in [-0.25, -0.2) is 4.99 Å². The van der Waals surface area contributed by atoms with E-state index in [9.17, 15) is 9.59 Å². The normalized spacial score (nSPS) is 15.7. The average Bonchev–Trinajstić information content (AvgIpc) is 3.36. The van der Waals surface area contributed by atoms with Crippen molar-refractivity contribution in [1.82, 2.24) is 9.88 Å². The largest absolute Gasteiger partial charge is 0.337 e. The van der Waals surface area contributed by atoms with Crippen LogP contribution in [0.2, 0.25) is 0 Å². The van der Waals surface area contributed by atoms with Crippen molar-refractivity contribution < 1.29 is 9.59 Å². The lowest BCUT2D eigenvalue weighted by Gasteiger charge is -2.07. The average molecular weight is 481 g/mol. The molecule has 4 aromatic rings. The fourth-order valence-corrected chi connectivity index (χ4v) is 4.70. The molecule has 2 amide bonds. The molecule has 174 valence electrons. The summed E-state index contributed by atoms with van der Waals surface area (Å²) >= 11 is 1.31. The van der Waals surface area contributed by atoms with E-state index in [0.717, 1.165) is 39.0 Å². The van der Waals surface area contributed by atoms with E-state index in [-0.39, 0.29) is 18.4 Å². The molecule has 6 nitrogen and oxygen atoms in total. The van der Waals surface area contributed by atoms with Gasteiger partial charge in [0, 0.05) is 28.4 Å². The van der Waals surface area contributed by atoms with Gasteiger partial charge in [-0.2, -0.15) is 0 Å². The van der Waals surface area contributed by atoms with Gasteiger partial charge >= 0.3 is 0 Å². The molecule has 0 spiro atoms. The number of amides is 2. The van der Waals surface area contributed by atoms with E-state index < -0.39 is 0 Å². The van der Waals surface area contributed by atoms with E-state index in [2.05, 4.69) is 15.6 Å². The van der Waals surface area contributed by atoms with Gasteiger partial charge in [0.25, 0.3) is 5.91 Å². The smallest absolute Gasteiger partial charge is 0.264 e. The minimum atomic E-state index is -0.185. The standard InChI is InChI=1S/C28H24N4O2S/c1-18-7-11-21(12-8-18)29-26(33)17-32-16-20(23-5-3-4-6-24(23)32)15-25-27(34)31-28(35-25)30-22-13-9-19(2)10-14-22/h3-16H,17H2,1-2H3,(H,29,33)(H,30,31,34)/b25-15+. The van der Waals surface area contributed by atoms with Crippen molar-refractivity contribution in [3.63, 3.8) is 0 Å². The molecule has 1 fully saturated rings. The minimum Gasteiger partial charge on any atom is -0.337 e. The molecule has 0 saturated carbocycles. The summed E-state index contributed by atoms with van der Waals surface area (Å²) in [5.74, 6) is -0.302. The first kappa shape index (κ1) is 22.7. The van der Waals surface area contributed by atoms with Gasteiger partial charge < -0.3 is 15.2 Å². The molecule has 2 heterocycles. The first-order valence-electron chi connectivity index (χ1n) is 11.3. The number of aliphatic imine (C=N–C) groups is 1. The minimum absolute atomic E-state index is 0.116. The summed E-state index contributed by atoms with van der Waals surface area (Å²) < 4.78 is 1.91. The zero-order valence-corrected chi connectivity index (χ0v) is 20.2. The fourth-order valence-electron chi connectivity index (χ4n) is 3.87. The molecule has 0 aliphatic carbocycles. The lowest BCUT2D eigenvalue weighted by molar-refractivity contribution is -0.117. The van der Waals surface area contributed by atoms with Crippen molar-refractivity contribution in [2.45, 2.75) is 20.4 Å². The third-order valence-corrected chi connectivity index (χ3v) is 6.58. The maximum Gasteiger partial charge on any atom is 0.264 e. The third-order valence-electron chi connectivity index (χ3n) is 5.67. The number of para-hydroxylation sites is 1. The van der Waals surface area contributed by atoms with E-state index >= 15 is 0 Å². The highest BCUT2D eigenvalue weighted by Crippen LogP contribution is 2.31. The summed E-state index contributed by atoms with van der Waals surface area (Å²) in [6.45, 7) is 4.19. The van der Waals surface area contributed by atoms with Gasteiger partial charge in [-0.15, -0.1) is 0 Å². The van der Waals surface area contributed by atoms with Crippen molar-refractivity contribution in [3.8, 4) is 0 Å². The highest BCUT2D eigenvalue weighted by atomic mass is 32.2. The molecule has 5 rings (SSSR count). The van der Waals surface area contributed by atoms with Crippen LogP contribution in [0.25, 0.3) is 17.0 Å². The molecule has 0 atom stereocenters.